The summed E-state index contributed by atoms with van der Waals surface area (Å²) in [4.78, 5) is 31.5. The third kappa shape index (κ3) is 3.25. The van der Waals surface area contributed by atoms with Crippen LogP contribution in [0, 0.1) is 0 Å². The smallest absolute Gasteiger partial charge is 0.242 e. The van der Waals surface area contributed by atoms with Crippen molar-refractivity contribution in [2.45, 2.75) is 5.37 Å². The predicted molar refractivity (Wildman–Crippen MR) is 85.3 cm³/mol. The second-order valence-corrected chi connectivity index (χ2v) is 7.43. The Morgan fingerprint density at radius 3 is 2.76 bits per heavy atom. The van der Waals surface area contributed by atoms with E-state index < -0.39 is 0 Å². The molecule has 2 aliphatic heterocycles. The van der Waals surface area contributed by atoms with Crippen molar-refractivity contribution in [2.75, 3.05) is 45.5 Å². The van der Waals surface area contributed by atoms with Gasteiger partial charge in [0.1, 0.15) is 11.9 Å². The van der Waals surface area contributed by atoms with E-state index in [1.54, 1.807) is 28.0 Å². The lowest BCUT2D eigenvalue weighted by atomic mass is 10.3. The molecule has 3 heterocycles. The van der Waals surface area contributed by atoms with E-state index >= 15 is 0 Å². The zero-order chi connectivity index (χ0) is 14.8. The van der Waals surface area contributed by atoms with Gasteiger partial charge in [-0.25, -0.2) is 0 Å². The first kappa shape index (κ1) is 14.9. The molecule has 1 aromatic heterocycles. The number of thioether (sulfide) groups is 1. The average molecular weight is 325 g/mol. The third-order valence-corrected chi connectivity index (χ3v) is 6.23. The van der Waals surface area contributed by atoms with E-state index in [-0.39, 0.29) is 23.7 Å². The monoisotopic (exact) mass is 325 g/mol. The summed E-state index contributed by atoms with van der Waals surface area (Å²) in [6.45, 7) is 3.53. The molecule has 5 nitrogen and oxygen atoms in total. The number of thiophene rings is 1. The molecular weight excluding hydrogens is 306 g/mol. The first-order valence-electron chi connectivity index (χ1n) is 7.06. The van der Waals surface area contributed by atoms with Crippen LogP contribution < -0.4 is 0 Å². The van der Waals surface area contributed by atoms with Crippen molar-refractivity contribution in [3.63, 3.8) is 0 Å². The highest BCUT2D eigenvalue weighted by Gasteiger charge is 2.35. The van der Waals surface area contributed by atoms with Crippen LogP contribution in [0.4, 0.5) is 0 Å². The number of carbonyl (C=O) groups is 2. The first-order valence-corrected chi connectivity index (χ1v) is 8.99. The van der Waals surface area contributed by atoms with Gasteiger partial charge in [0.15, 0.2) is 0 Å². The molecule has 0 spiro atoms. The second kappa shape index (κ2) is 6.37. The lowest BCUT2D eigenvalue weighted by Crippen LogP contribution is -2.50. The minimum absolute atomic E-state index is 0.00825. The van der Waals surface area contributed by atoms with Crippen molar-refractivity contribution in [2.24, 2.45) is 0 Å². The SMILES string of the molecule is CN1CCN(C(=O)CN2C(=O)CSC2c2cccs2)CC1. The van der Waals surface area contributed by atoms with Crippen LogP contribution in [0.3, 0.4) is 0 Å². The molecule has 114 valence electrons. The van der Waals surface area contributed by atoms with Gasteiger partial charge in [-0.15, -0.1) is 23.1 Å². The first-order chi connectivity index (χ1) is 10.1. The van der Waals surface area contributed by atoms with E-state index in [0.29, 0.717) is 5.75 Å². The molecule has 2 fully saturated rings. The van der Waals surface area contributed by atoms with Gasteiger partial charge in [-0.2, -0.15) is 0 Å². The summed E-state index contributed by atoms with van der Waals surface area (Å²) in [7, 11) is 2.06. The quantitative estimate of drug-likeness (QED) is 0.835. The Morgan fingerprint density at radius 2 is 2.10 bits per heavy atom. The van der Waals surface area contributed by atoms with E-state index in [0.717, 1.165) is 31.1 Å². The fraction of sp³-hybridized carbons (Fsp3) is 0.571. The highest BCUT2D eigenvalue weighted by molar-refractivity contribution is 8.00. The van der Waals surface area contributed by atoms with Crippen molar-refractivity contribution in [1.29, 1.82) is 0 Å². The normalized spacial score (nSPS) is 23.9. The van der Waals surface area contributed by atoms with Crippen molar-refractivity contribution in [3.05, 3.63) is 22.4 Å². The number of nitrogens with zero attached hydrogens (tertiary/aromatic N) is 3. The zero-order valence-electron chi connectivity index (χ0n) is 12.0. The van der Waals surface area contributed by atoms with Crippen LogP contribution in [0.25, 0.3) is 0 Å². The molecule has 2 amide bonds. The number of hydrogen-bond acceptors (Lipinski definition) is 5. The van der Waals surface area contributed by atoms with Crippen molar-refractivity contribution < 1.29 is 9.59 Å². The van der Waals surface area contributed by atoms with E-state index in [9.17, 15) is 9.59 Å². The minimum atomic E-state index is 0.00825. The Bertz CT molecular complexity index is 512. The summed E-state index contributed by atoms with van der Waals surface area (Å²) in [5.41, 5.74) is 0. The van der Waals surface area contributed by atoms with Crippen LogP contribution in [0.1, 0.15) is 10.3 Å². The predicted octanol–water partition coefficient (Wildman–Crippen LogP) is 1.10. The maximum absolute atomic E-state index is 12.4. The number of piperazine rings is 1. The summed E-state index contributed by atoms with van der Waals surface area (Å²) >= 11 is 3.26. The molecule has 0 aromatic carbocycles. The summed E-state index contributed by atoms with van der Waals surface area (Å²) in [6.07, 6.45) is 0. The molecule has 0 N–H and O–H groups in total. The maximum atomic E-state index is 12.4. The molecule has 1 aromatic rings. The van der Waals surface area contributed by atoms with Crippen LogP contribution in [-0.4, -0.2) is 72.0 Å². The largest absolute Gasteiger partial charge is 0.339 e. The van der Waals surface area contributed by atoms with Crippen LogP contribution in [0.15, 0.2) is 17.5 Å². The van der Waals surface area contributed by atoms with Gasteiger partial charge >= 0.3 is 0 Å². The van der Waals surface area contributed by atoms with Crippen molar-refractivity contribution in [3.8, 4) is 0 Å². The van der Waals surface area contributed by atoms with E-state index in [4.69, 9.17) is 0 Å². The highest BCUT2D eigenvalue weighted by atomic mass is 32.2. The van der Waals surface area contributed by atoms with E-state index in [1.807, 2.05) is 22.4 Å². The number of rotatable bonds is 3. The maximum Gasteiger partial charge on any atom is 0.242 e. The molecule has 2 saturated heterocycles. The van der Waals surface area contributed by atoms with E-state index in [1.165, 1.54) is 0 Å². The van der Waals surface area contributed by atoms with E-state index in [2.05, 4.69) is 11.9 Å². The Morgan fingerprint density at radius 1 is 1.33 bits per heavy atom. The number of carbonyl (C=O) groups excluding carboxylic acids is 2. The van der Waals surface area contributed by atoms with Gasteiger partial charge in [-0.3, -0.25) is 9.59 Å². The van der Waals surface area contributed by atoms with Crippen LogP contribution in [0.5, 0.6) is 0 Å². The zero-order valence-corrected chi connectivity index (χ0v) is 13.7. The standard InChI is InChI=1S/C14H19N3O2S2/c1-15-4-6-16(7-5-15)12(18)9-17-13(19)10-21-14(17)11-3-2-8-20-11/h2-3,8,14H,4-7,9-10H2,1H3. The molecule has 3 rings (SSSR count). The van der Waals surface area contributed by atoms with Gasteiger partial charge in [-0.05, 0) is 18.5 Å². The molecular formula is C14H19N3O2S2. The fourth-order valence-corrected chi connectivity index (χ4v) is 4.76. The van der Waals surface area contributed by atoms with Gasteiger partial charge < -0.3 is 14.7 Å². The number of amides is 2. The lowest BCUT2D eigenvalue weighted by Gasteiger charge is -2.34. The van der Waals surface area contributed by atoms with Gasteiger partial charge in [0.2, 0.25) is 11.8 Å². The Hall–Kier alpha value is -1.05. The molecule has 0 aliphatic carbocycles. The summed E-state index contributed by atoms with van der Waals surface area (Å²) in [6, 6.07) is 4.03. The lowest BCUT2D eigenvalue weighted by molar-refractivity contribution is -0.140. The van der Waals surface area contributed by atoms with Gasteiger partial charge in [0.05, 0.1) is 5.75 Å². The highest BCUT2D eigenvalue weighted by Crippen LogP contribution is 2.40. The molecule has 0 radical (unpaired) electrons. The molecule has 0 saturated carbocycles. The van der Waals surface area contributed by atoms with Gasteiger partial charge in [-0.1, -0.05) is 6.07 Å². The molecule has 2 aliphatic rings. The van der Waals surface area contributed by atoms with Gasteiger partial charge in [0, 0.05) is 31.1 Å². The summed E-state index contributed by atoms with van der Waals surface area (Å²) in [5, 5.41) is 2.02. The average Bonchev–Trinajstić information content (AvgIpc) is 3.10. The molecule has 1 atom stereocenters. The van der Waals surface area contributed by atoms with Crippen molar-refractivity contribution in [1.82, 2.24) is 14.7 Å². The molecule has 0 bridgehead atoms. The number of likely N-dealkylation sites (N-methyl/N-ethyl adjacent to an activating group) is 1. The Labute approximate surface area is 132 Å². The fourth-order valence-electron chi connectivity index (χ4n) is 2.59. The summed E-state index contributed by atoms with van der Waals surface area (Å²) in [5.74, 6) is 0.611. The molecule has 21 heavy (non-hydrogen) atoms. The van der Waals surface area contributed by atoms with Crippen molar-refractivity contribution >= 4 is 34.9 Å². The third-order valence-electron chi connectivity index (χ3n) is 3.92. The molecule has 1 unspecified atom stereocenters. The van der Waals surface area contributed by atoms with Gasteiger partial charge in [0.25, 0.3) is 0 Å². The van der Waals surface area contributed by atoms with Crippen LogP contribution in [-0.2, 0) is 9.59 Å². The molecule has 7 heteroatoms. The second-order valence-electron chi connectivity index (χ2n) is 5.38. The van der Waals surface area contributed by atoms with Crippen LogP contribution >= 0.6 is 23.1 Å². The Balaban J connectivity index is 1.64. The van der Waals surface area contributed by atoms with Crippen LogP contribution in [0.2, 0.25) is 0 Å². The summed E-state index contributed by atoms with van der Waals surface area (Å²) < 4.78 is 0. The topological polar surface area (TPSA) is 43.9 Å². The Kier molecular flexibility index (Phi) is 4.51. The number of hydrogen-bond donors (Lipinski definition) is 0. The minimum Gasteiger partial charge on any atom is -0.339 e.